The van der Waals surface area contributed by atoms with Gasteiger partial charge in [0.25, 0.3) is 5.56 Å². The van der Waals surface area contributed by atoms with Gasteiger partial charge in [0, 0.05) is 33.4 Å². The smallest absolute Gasteiger partial charge is 0.330 e. The van der Waals surface area contributed by atoms with Crippen LogP contribution in [0.25, 0.3) is 0 Å². The fourth-order valence-corrected chi connectivity index (χ4v) is 4.29. The number of nitrogens with zero attached hydrogens (tertiary/aromatic N) is 3. The monoisotopic (exact) mass is 381 g/mol. The van der Waals surface area contributed by atoms with Gasteiger partial charge < -0.3 is 14.0 Å². The minimum atomic E-state index is -4.09. The predicted octanol–water partition coefficient (Wildman–Crippen LogP) is 0.0235. The summed E-state index contributed by atoms with van der Waals surface area (Å²) in [7, 11) is -1.44. The average Bonchev–Trinajstić information content (AvgIpc) is 3.08. The van der Waals surface area contributed by atoms with Crippen LogP contribution in [0, 0.1) is 0 Å². The summed E-state index contributed by atoms with van der Waals surface area (Å²) in [5, 5.41) is 0. The van der Waals surface area contributed by atoms with E-state index in [-0.39, 0.29) is 19.9 Å². The molecule has 2 aromatic rings. The fraction of sp³-hybridized carbons (Fsp3) is 0.375. The third kappa shape index (κ3) is 3.01. The van der Waals surface area contributed by atoms with Gasteiger partial charge in [-0.2, -0.15) is 4.31 Å². The van der Waals surface area contributed by atoms with Crippen molar-refractivity contribution in [2.75, 3.05) is 13.3 Å². The lowest BCUT2D eigenvalue weighted by atomic mass is 10.2. The molecular formula is C16H19N3O6S. The number of aromatic nitrogens is 2. The lowest BCUT2D eigenvalue weighted by molar-refractivity contribution is 0.174. The van der Waals surface area contributed by atoms with Crippen molar-refractivity contribution in [3.63, 3.8) is 0 Å². The van der Waals surface area contributed by atoms with E-state index in [2.05, 4.69) is 0 Å². The molecule has 1 aliphatic rings. The number of fused-ring (bicyclic) bond motifs is 1. The highest BCUT2D eigenvalue weighted by Gasteiger charge is 2.28. The Hall–Kier alpha value is -2.59. The highest BCUT2D eigenvalue weighted by molar-refractivity contribution is 7.89. The zero-order valence-electron chi connectivity index (χ0n) is 14.6. The Morgan fingerprint density at radius 2 is 1.85 bits per heavy atom. The van der Waals surface area contributed by atoms with Gasteiger partial charge in [0.2, 0.25) is 16.8 Å². The SMILES string of the molecule is CCN(Cc1ccc2c(c1)OCO2)S(=O)(=O)c1cn(C)c(=O)n(C)c1=O. The number of benzene rings is 1. The van der Waals surface area contributed by atoms with Gasteiger partial charge in [-0.1, -0.05) is 13.0 Å². The van der Waals surface area contributed by atoms with Crippen molar-refractivity contribution < 1.29 is 17.9 Å². The molecule has 3 rings (SSSR count). The minimum absolute atomic E-state index is 0.0570. The van der Waals surface area contributed by atoms with Crippen LogP contribution in [-0.4, -0.2) is 35.2 Å². The first-order chi connectivity index (χ1) is 12.3. The Balaban J connectivity index is 2.00. The Bertz CT molecular complexity index is 1070. The molecule has 0 amide bonds. The topological polar surface area (TPSA) is 99.8 Å². The summed E-state index contributed by atoms with van der Waals surface area (Å²) in [6, 6.07) is 5.16. The summed E-state index contributed by atoms with van der Waals surface area (Å²) in [5.74, 6) is 1.15. The molecule has 0 N–H and O–H groups in total. The standard InChI is InChI=1S/C16H19N3O6S/c1-4-19(8-11-5-6-12-13(7-11)25-10-24-12)26(22,23)14-9-17(2)16(21)18(3)15(14)20/h5-7,9H,4,8,10H2,1-3H3. The number of hydrogen-bond donors (Lipinski definition) is 0. The molecule has 0 aliphatic carbocycles. The molecule has 2 heterocycles. The van der Waals surface area contributed by atoms with E-state index in [0.29, 0.717) is 17.1 Å². The highest BCUT2D eigenvalue weighted by atomic mass is 32.2. The van der Waals surface area contributed by atoms with E-state index in [1.54, 1.807) is 25.1 Å². The van der Waals surface area contributed by atoms with Crippen LogP contribution in [0.2, 0.25) is 0 Å². The third-order valence-electron chi connectivity index (χ3n) is 4.18. The van der Waals surface area contributed by atoms with E-state index in [1.165, 1.54) is 18.4 Å². The van der Waals surface area contributed by atoms with Crippen molar-refractivity contribution in [1.29, 1.82) is 0 Å². The average molecular weight is 381 g/mol. The quantitative estimate of drug-likeness (QED) is 0.724. The van der Waals surface area contributed by atoms with Gasteiger partial charge >= 0.3 is 5.69 Å². The molecule has 0 spiro atoms. The molecule has 0 fully saturated rings. The second-order valence-electron chi connectivity index (χ2n) is 5.87. The van der Waals surface area contributed by atoms with Crippen molar-refractivity contribution in [2.45, 2.75) is 18.4 Å². The lowest BCUT2D eigenvalue weighted by Gasteiger charge is -2.21. The highest BCUT2D eigenvalue weighted by Crippen LogP contribution is 2.33. The summed E-state index contributed by atoms with van der Waals surface area (Å²) in [6.45, 7) is 2.02. The maximum Gasteiger partial charge on any atom is 0.330 e. The van der Waals surface area contributed by atoms with Gasteiger partial charge in [0.15, 0.2) is 16.4 Å². The summed E-state index contributed by atoms with van der Waals surface area (Å²) in [6.07, 6.45) is 1.06. The van der Waals surface area contributed by atoms with Crippen molar-refractivity contribution in [2.24, 2.45) is 14.1 Å². The molecule has 0 atom stereocenters. The Morgan fingerprint density at radius 3 is 2.54 bits per heavy atom. The van der Waals surface area contributed by atoms with Crippen LogP contribution < -0.4 is 20.7 Å². The second kappa shape index (κ2) is 6.61. The van der Waals surface area contributed by atoms with Gasteiger partial charge in [-0.3, -0.25) is 9.36 Å². The van der Waals surface area contributed by atoms with Gasteiger partial charge in [0.05, 0.1) is 0 Å². The summed E-state index contributed by atoms with van der Waals surface area (Å²) in [5.41, 5.74) is -0.744. The molecular weight excluding hydrogens is 362 g/mol. The summed E-state index contributed by atoms with van der Waals surface area (Å²) < 4.78 is 39.5. The number of rotatable bonds is 5. The Kier molecular flexibility index (Phi) is 4.63. The van der Waals surface area contributed by atoms with E-state index < -0.39 is 26.2 Å². The number of aryl methyl sites for hydroxylation is 1. The maximum atomic E-state index is 13.0. The molecule has 140 valence electrons. The zero-order valence-corrected chi connectivity index (χ0v) is 15.4. The Labute approximate surface area is 150 Å². The molecule has 0 radical (unpaired) electrons. The number of sulfonamides is 1. The Morgan fingerprint density at radius 1 is 1.15 bits per heavy atom. The van der Waals surface area contributed by atoms with E-state index in [4.69, 9.17) is 9.47 Å². The van der Waals surface area contributed by atoms with Crippen LogP contribution in [0.5, 0.6) is 11.5 Å². The largest absolute Gasteiger partial charge is 0.454 e. The van der Waals surface area contributed by atoms with E-state index in [9.17, 15) is 18.0 Å². The van der Waals surface area contributed by atoms with E-state index in [1.807, 2.05) is 0 Å². The minimum Gasteiger partial charge on any atom is -0.454 e. The first-order valence-electron chi connectivity index (χ1n) is 7.91. The first-order valence-corrected chi connectivity index (χ1v) is 9.35. The molecule has 1 aromatic heterocycles. The number of ether oxygens (including phenoxy) is 2. The van der Waals surface area contributed by atoms with Gasteiger partial charge in [0.1, 0.15) is 0 Å². The van der Waals surface area contributed by atoms with Crippen LogP contribution in [0.3, 0.4) is 0 Å². The van der Waals surface area contributed by atoms with Crippen molar-refractivity contribution >= 4 is 10.0 Å². The van der Waals surface area contributed by atoms with Crippen molar-refractivity contribution in [3.8, 4) is 11.5 Å². The van der Waals surface area contributed by atoms with E-state index >= 15 is 0 Å². The zero-order chi connectivity index (χ0) is 19.1. The van der Waals surface area contributed by atoms with Gasteiger partial charge in [-0.15, -0.1) is 0 Å². The number of hydrogen-bond acceptors (Lipinski definition) is 6. The molecule has 26 heavy (non-hydrogen) atoms. The van der Waals surface area contributed by atoms with Crippen molar-refractivity contribution in [3.05, 3.63) is 50.8 Å². The molecule has 0 saturated carbocycles. The molecule has 0 bridgehead atoms. The summed E-state index contributed by atoms with van der Waals surface area (Å²) >= 11 is 0. The molecule has 1 aliphatic heterocycles. The molecule has 1 aromatic carbocycles. The van der Waals surface area contributed by atoms with E-state index in [0.717, 1.165) is 15.3 Å². The third-order valence-corrected chi connectivity index (χ3v) is 6.08. The van der Waals surface area contributed by atoms with Crippen LogP contribution in [0.1, 0.15) is 12.5 Å². The molecule has 9 nitrogen and oxygen atoms in total. The normalized spacial score (nSPS) is 13.4. The maximum absolute atomic E-state index is 13.0. The lowest BCUT2D eigenvalue weighted by Crippen LogP contribution is -2.42. The predicted molar refractivity (Wildman–Crippen MR) is 92.8 cm³/mol. The first kappa shape index (κ1) is 18.2. The van der Waals surface area contributed by atoms with Gasteiger partial charge in [-0.25, -0.2) is 13.2 Å². The second-order valence-corrected chi connectivity index (χ2v) is 7.78. The molecule has 0 saturated heterocycles. The van der Waals surface area contributed by atoms with Crippen LogP contribution in [0.15, 0.2) is 38.9 Å². The van der Waals surface area contributed by atoms with Crippen LogP contribution in [-0.2, 0) is 30.7 Å². The summed E-state index contributed by atoms with van der Waals surface area (Å²) in [4.78, 5) is 23.7. The van der Waals surface area contributed by atoms with Crippen LogP contribution in [0.4, 0.5) is 0 Å². The van der Waals surface area contributed by atoms with Crippen LogP contribution >= 0.6 is 0 Å². The van der Waals surface area contributed by atoms with Gasteiger partial charge in [-0.05, 0) is 17.7 Å². The molecule has 0 unspecified atom stereocenters. The molecule has 10 heteroatoms. The fourth-order valence-electron chi connectivity index (χ4n) is 2.70. The van der Waals surface area contributed by atoms with Crippen molar-refractivity contribution in [1.82, 2.24) is 13.4 Å².